The summed E-state index contributed by atoms with van der Waals surface area (Å²) in [6.07, 6.45) is -2.16. The lowest BCUT2D eigenvalue weighted by Gasteiger charge is -2.24. The molecule has 0 saturated heterocycles. The van der Waals surface area contributed by atoms with Crippen molar-refractivity contribution < 1.29 is 35.9 Å². The summed E-state index contributed by atoms with van der Waals surface area (Å²) in [7, 11) is -4.07. The van der Waals surface area contributed by atoms with Gasteiger partial charge in [-0.15, -0.1) is 0 Å². The van der Waals surface area contributed by atoms with Gasteiger partial charge >= 0.3 is 12.1 Å². The topological polar surface area (TPSA) is 126 Å². The summed E-state index contributed by atoms with van der Waals surface area (Å²) in [5.74, 6) is -1.64. The highest BCUT2D eigenvalue weighted by Gasteiger charge is 2.38. The molecule has 0 aliphatic rings. The fourth-order valence-electron chi connectivity index (χ4n) is 4.07. The number of nitrogens with one attached hydrogen (secondary N) is 4. The maximum Gasteiger partial charge on any atom is 0.472 e. The fraction of sp³-hybridized carbons (Fsp3) is 0.333. The van der Waals surface area contributed by atoms with Crippen LogP contribution in [0.1, 0.15) is 45.6 Å². The van der Waals surface area contributed by atoms with Crippen molar-refractivity contribution in [3.63, 3.8) is 0 Å². The molecule has 0 unspecified atom stereocenters. The molecule has 3 aromatic carbocycles. The van der Waals surface area contributed by atoms with E-state index in [1.807, 2.05) is 38.1 Å². The molecule has 43 heavy (non-hydrogen) atoms. The zero-order chi connectivity index (χ0) is 31.7. The van der Waals surface area contributed by atoms with Gasteiger partial charge in [0.05, 0.1) is 17.2 Å². The predicted octanol–water partition coefficient (Wildman–Crippen LogP) is 6.27. The molecule has 3 aromatic rings. The Morgan fingerprint density at radius 2 is 1.53 bits per heavy atom. The van der Waals surface area contributed by atoms with Crippen LogP contribution < -0.4 is 25.6 Å². The first-order chi connectivity index (χ1) is 20.2. The van der Waals surface area contributed by atoms with E-state index >= 15 is 0 Å². The van der Waals surface area contributed by atoms with Crippen molar-refractivity contribution in [2.75, 3.05) is 22.1 Å². The number of sulfonamides is 1. The molecule has 4 N–H and O–H groups in total. The van der Waals surface area contributed by atoms with Gasteiger partial charge in [0.25, 0.3) is 10.0 Å². The van der Waals surface area contributed by atoms with E-state index in [-0.39, 0.29) is 34.0 Å². The van der Waals surface area contributed by atoms with Crippen LogP contribution in [0.25, 0.3) is 0 Å². The van der Waals surface area contributed by atoms with Gasteiger partial charge in [-0.2, -0.15) is 13.2 Å². The van der Waals surface area contributed by atoms with Crippen LogP contribution in [0.5, 0.6) is 5.75 Å². The molecule has 0 fully saturated rings. The number of carbonyl (C=O) groups excluding carboxylic acids is 2. The minimum absolute atomic E-state index is 0.0987. The van der Waals surface area contributed by atoms with Crippen molar-refractivity contribution in [1.29, 1.82) is 0 Å². The third-order valence-corrected chi connectivity index (χ3v) is 7.53. The number of carbonyl (C=O) groups is 2. The van der Waals surface area contributed by atoms with Gasteiger partial charge in [0.1, 0.15) is 5.75 Å². The third kappa shape index (κ3) is 10.8. The van der Waals surface area contributed by atoms with Crippen molar-refractivity contribution in [3.05, 3.63) is 78.4 Å². The number of halogens is 3. The number of benzene rings is 3. The number of anilines is 3. The molecule has 3 rings (SSSR count). The Morgan fingerprint density at radius 1 is 0.884 bits per heavy atom. The van der Waals surface area contributed by atoms with E-state index in [1.54, 1.807) is 6.07 Å². The largest absolute Gasteiger partial charge is 0.494 e. The smallest absolute Gasteiger partial charge is 0.472 e. The summed E-state index contributed by atoms with van der Waals surface area (Å²) in [5.41, 5.74) is 4.81. The maximum absolute atomic E-state index is 12.9. The monoisotopic (exact) mass is 620 g/mol. The van der Waals surface area contributed by atoms with E-state index in [4.69, 9.17) is 4.74 Å². The van der Waals surface area contributed by atoms with Crippen LogP contribution in [0.15, 0.2) is 77.7 Å². The van der Waals surface area contributed by atoms with E-state index in [0.29, 0.717) is 18.7 Å². The van der Waals surface area contributed by atoms with Gasteiger partial charge < -0.3 is 10.1 Å². The van der Waals surface area contributed by atoms with Gasteiger partial charge in [-0.05, 0) is 78.4 Å². The Kier molecular flexibility index (Phi) is 11.0. The summed E-state index contributed by atoms with van der Waals surface area (Å²) in [4.78, 5) is 23.7. The standard InChI is InChI=1S/C30H35F3N4O5S/c1-4-5-17-42-25-15-9-21(10-16-25)19-29(2,3)20-27(38)34-24-7-6-8-26(18-24)43(40,41)37-23-13-11-22(12-14-23)35-36-28(39)30(31,32)33/h6-16,18,35,37H,4-5,17,19-20H2,1-3H3,(H,34,38)(H,36,39). The average molecular weight is 621 g/mol. The van der Waals surface area contributed by atoms with Gasteiger partial charge in [-0.1, -0.05) is 45.4 Å². The maximum atomic E-state index is 12.9. The number of amides is 2. The SMILES string of the molecule is CCCCOc1ccc(CC(C)(C)CC(=O)Nc2cccc(S(=O)(=O)Nc3ccc(NNC(=O)C(F)(F)F)cc3)c2)cc1. The molecule has 0 aliphatic heterocycles. The normalized spacial score (nSPS) is 11.9. The van der Waals surface area contributed by atoms with Gasteiger partial charge in [-0.25, -0.2) is 8.42 Å². The summed E-state index contributed by atoms with van der Waals surface area (Å²) >= 11 is 0. The molecule has 9 nitrogen and oxygen atoms in total. The van der Waals surface area contributed by atoms with Crippen molar-refractivity contribution >= 4 is 38.9 Å². The molecular weight excluding hydrogens is 585 g/mol. The van der Waals surface area contributed by atoms with Crippen molar-refractivity contribution in [3.8, 4) is 5.75 Å². The minimum Gasteiger partial charge on any atom is -0.494 e. The first-order valence-electron chi connectivity index (χ1n) is 13.5. The number of hydrogen-bond donors (Lipinski definition) is 4. The Balaban J connectivity index is 1.56. The highest BCUT2D eigenvalue weighted by molar-refractivity contribution is 7.92. The summed E-state index contributed by atoms with van der Waals surface area (Å²) in [6, 6.07) is 18.7. The first-order valence-corrected chi connectivity index (χ1v) is 15.0. The molecule has 0 bridgehead atoms. The average Bonchev–Trinajstić information content (AvgIpc) is 2.92. The van der Waals surface area contributed by atoms with Gasteiger partial charge in [0, 0.05) is 17.8 Å². The van der Waals surface area contributed by atoms with E-state index in [0.717, 1.165) is 24.2 Å². The summed E-state index contributed by atoms with van der Waals surface area (Å²) in [5, 5.41) is 2.77. The van der Waals surface area contributed by atoms with Crippen LogP contribution in [-0.2, 0) is 26.0 Å². The number of alkyl halides is 3. The van der Waals surface area contributed by atoms with E-state index in [2.05, 4.69) is 22.4 Å². The molecule has 0 spiro atoms. The fourth-order valence-corrected chi connectivity index (χ4v) is 5.17. The van der Waals surface area contributed by atoms with Crippen LogP contribution in [0, 0.1) is 5.41 Å². The van der Waals surface area contributed by atoms with Crippen LogP contribution in [0.2, 0.25) is 0 Å². The Labute approximate surface area is 249 Å². The molecule has 0 atom stereocenters. The number of ether oxygens (including phenoxy) is 1. The van der Waals surface area contributed by atoms with E-state index < -0.39 is 22.1 Å². The lowest BCUT2D eigenvalue weighted by atomic mass is 9.82. The van der Waals surface area contributed by atoms with Crippen LogP contribution >= 0.6 is 0 Å². The van der Waals surface area contributed by atoms with Gasteiger partial charge in [0.2, 0.25) is 5.91 Å². The van der Waals surface area contributed by atoms with Gasteiger partial charge in [0.15, 0.2) is 0 Å². The van der Waals surface area contributed by atoms with Gasteiger partial charge in [-0.3, -0.25) is 25.2 Å². The minimum atomic E-state index is -5.05. The molecule has 0 saturated carbocycles. The van der Waals surface area contributed by atoms with Crippen molar-refractivity contribution in [2.45, 2.75) is 57.5 Å². The molecule has 0 aliphatic carbocycles. The van der Waals surface area contributed by atoms with Crippen molar-refractivity contribution in [1.82, 2.24) is 5.43 Å². The first kappa shape index (κ1) is 33.2. The number of unbranched alkanes of at least 4 members (excludes halogenated alkanes) is 1. The summed E-state index contributed by atoms with van der Waals surface area (Å²) < 4.78 is 70.9. The molecule has 0 radical (unpaired) electrons. The molecule has 13 heteroatoms. The van der Waals surface area contributed by atoms with E-state index in [9.17, 15) is 31.2 Å². The molecule has 232 valence electrons. The Morgan fingerprint density at radius 3 is 2.16 bits per heavy atom. The van der Waals surface area contributed by atoms with Crippen LogP contribution in [0.3, 0.4) is 0 Å². The molecule has 2 amide bonds. The highest BCUT2D eigenvalue weighted by atomic mass is 32.2. The highest BCUT2D eigenvalue weighted by Crippen LogP contribution is 2.28. The Hall–Kier alpha value is -4.26. The number of hydrogen-bond acceptors (Lipinski definition) is 6. The predicted molar refractivity (Wildman–Crippen MR) is 159 cm³/mol. The molecular formula is C30H35F3N4O5S. The van der Waals surface area contributed by atoms with Crippen molar-refractivity contribution in [2.24, 2.45) is 5.41 Å². The Bertz CT molecular complexity index is 1490. The number of rotatable bonds is 14. The molecule has 0 aromatic heterocycles. The zero-order valence-electron chi connectivity index (χ0n) is 24.0. The number of hydrazine groups is 1. The lowest BCUT2D eigenvalue weighted by molar-refractivity contribution is -0.173. The van der Waals surface area contributed by atoms with Crippen LogP contribution in [-0.4, -0.2) is 33.0 Å². The second-order valence-electron chi connectivity index (χ2n) is 10.7. The lowest BCUT2D eigenvalue weighted by Crippen LogP contribution is -2.40. The third-order valence-electron chi connectivity index (χ3n) is 6.15. The molecule has 0 heterocycles. The quantitative estimate of drug-likeness (QED) is 0.124. The summed E-state index contributed by atoms with van der Waals surface area (Å²) in [6.45, 7) is 6.73. The van der Waals surface area contributed by atoms with E-state index in [1.165, 1.54) is 47.9 Å². The second-order valence-corrected chi connectivity index (χ2v) is 12.4. The van der Waals surface area contributed by atoms with Crippen LogP contribution in [0.4, 0.5) is 30.2 Å². The zero-order valence-corrected chi connectivity index (χ0v) is 24.9. The second kappa shape index (κ2) is 14.3.